The van der Waals surface area contributed by atoms with E-state index in [-0.39, 0.29) is 11.5 Å². The number of nitroso groups, excluding NO2 is 1. The zero-order valence-corrected chi connectivity index (χ0v) is 9.14. The molecule has 1 aliphatic heterocycles. The maximum absolute atomic E-state index is 11.4. The van der Waals surface area contributed by atoms with Crippen LogP contribution >= 0.6 is 0 Å². The fourth-order valence-corrected chi connectivity index (χ4v) is 1.58. The van der Waals surface area contributed by atoms with Gasteiger partial charge in [0.15, 0.2) is 5.76 Å². The molecule has 1 aromatic rings. The van der Waals surface area contributed by atoms with E-state index in [1.54, 1.807) is 6.08 Å². The molecule has 0 fully saturated rings. The predicted octanol–water partition coefficient (Wildman–Crippen LogP) is 1.78. The van der Waals surface area contributed by atoms with Crippen LogP contribution in [-0.2, 0) is 9.53 Å². The fourth-order valence-electron chi connectivity index (χ4n) is 1.58. The van der Waals surface area contributed by atoms with E-state index in [0.29, 0.717) is 5.70 Å². The van der Waals surface area contributed by atoms with Gasteiger partial charge in [-0.05, 0) is 16.8 Å². The molecule has 1 N–H and O–H groups in total. The topological polar surface area (TPSA) is 67.8 Å². The maximum Gasteiger partial charge on any atom is 0.281 e. The number of nitrogens with zero attached hydrogens (tertiary/aromatic N) is 1. The van der Waals surface area contributed by atoms with Gasteiger partial charge in [-0.2, -0.15) is 0 Å². The van der Waals surface area contributed by atoms with Gasteiger partial charge in [0.05, 0.1) is 12.8 Å². The number of hydrogen-bond donors (Lipinski definition) is 1. The van der Waals surface area contributed by atoms with Gasteiger partial charge in [-0.25, -0.2) is 0 Å². The summed E-state index contributed by atoms with van der Waals surface area (Å²) in [5.41, 5.74) is 1.11. The molecule has 1 aromatic carbocycles. The van der Waals surface area contributed by atoms with Crippen LogP contribution in [0.3, 0.4) is 0 Å². The van der Waals surface area contributed by atoms with Crippen LogP contribution in [0.4, 0.5) is 0 Å². The number of ether oxygens (including phenoxy) is 1. The number of nitrogens with one attached hydrogen (secondary N) is 1. The zero-order valence-electron chi connectivity index (χ0n) is 9.14. The van der Waals surface area contributed by atoms with Crippen molar-refractivity contribution in [3.63, 3.8) is 0 Å². The molecule has 0 radical (unpaired) electrons. The standard InChI is InChI=1S/C12H10N2O3/c1-17-11-9(13-12(15)10(11)14-16)7-8-5-3-2-4-6-8/h2-7H,1H3,(H,13,15). The van der Waals surface area contributed by atoms with Crippen LogP contribution in [0, 0.1) is 4.91 Å². The van der Waals surface area contributed by atoms with Crippen LogP contribution in [0.25, 0.3) is 6.08 Å². The summed E-state index contributed by atoms with van der Waals surface area (Å²) in [5.74, 6) is -0.368. The summed E-state index contributed by atoms with van der Waals surface area (Å²) >= 11 is 0. The van der Waals surface area contributed by atoms with E-state index in [9.17, 15) is 9.70 Å². The SMILES string of the molecule is COC1=C(N=O)C(=O)NC1=Cc1ccccc1. The normalized spacial score (nSPS) is 17.2. The van der Waals surface area contributed by atoms with E-state index in [1.807, 2.05) is 30.3 Å². The Kier molecular flexibility index (Phi) is 3.00. The first-order valence-corrected chi connectivity index (χ1v) is 4.96. The molecule has 2 rings (SSSR count). The molecule has 0 spiro atoms. The average Bonchev–Trinajstić information content (AvgIpc) is 2.65. The quantitative estimate of drug-likeness (QED) is 0.805. The highest BCUT2D eigenvalue weighted by atomic mass is 16.5. The number of carbonyl (C=O) groups is 1. The molecule has 0 unspecified atom stereocenters. The van der Waals surface area contributed by atoms with Gasteiger partial charge in [-0.3, -0.25) is 4.79 Å². The molecular formula is C12H10N2O3. The lowest BCUT2D eigenvalue weighted by molar-refractivity contribution is -0.116. The van der Waals surface area contributed by atoms with Crippen molar-refractivity contribution < 1.29 is 9.53 Å². The third-order valence-electron chi connectivity index (χ3n) is 2.33. The molecule has 1 amide bonds. The minimum atomic E-state index is -0.543. The lowest BCUT2D eigenvalue weighted by Gasteiger charge is -2.03. The Labute approximate surface area is 97.8 Å². The fraction of sp³-hybridized carbons (Fsp3) is 0.0833. The van der Waals surface area contributed by atoms with Crippen LogP contribution < -0.4 is 5.32 Å². The lowest BCUT2D eigenvalue weighted by atomic mass is 10.2. The van der Waals surface area contributed by atoms with Crippen LogP contribution in [0.1, 0.15) is 5.56 Å². The smallest absolute Gasteiger partial charge is 0.281 e. The summed E-state index contributed by atoms with van der Waals surface area (Å²) in [4.78, 5) is 21.9. The third-order valence-corrected chi connectivity index (χ3v) is 2.33. The second-order valence-corrected chi connectivity index (χ2v) is 3.40. The van der Waals surface area contributed by atoms with Crippen molar-refractivity contribution in [2.45, 2.75) is 0 Å². The van der Waals surface area contributed by atoms with Crippen molar-refractivity contribution in [3.05, 3.63) is 58.0 Å². The third kappa shape index (κ3) is 2.08. The largest absolute Gasteiger partial charge is 0.492 e. The van der Waals surface area contributed by atoms with E-state index >= 15 is 0 Å². The minimum Gasteiger partial charge on any atom is -0.492 e. The molecule has 86 valence electrons. The van der Waals surface area contributed by atoms with E-state index in [4.69, 9.17) is 4.74 Å². The van der Waals surface area contributed by atoms with Crippen molar-refractivity contribution in [2.24, 2.45) is 5.18 Å². The molecule has 1 heterocycles. The summed E-state index contributed by atoms with van der Waals surface area (Å²) in [5, 5.41) is 5.20. The van der Waals surface area contributed by atoms with Crippen molar-refractivity contribution >= 4 is 12.0 Å². The number of hydrogen-bond acceptors (Lipinski definition) is 4. The monoisotopic (exact) mass is 230 g/mol. The molecule has 0 atom stereocenters. The summed E-state index contributed by atoms with van der Waals surface area (Å²) in [6, 6.07) is 9.38. The number of benzene rings is 1. The Morgan fingerprint density at radius 3 is 2.59 bits per heavy atom. The van der Waals surface area contributed by atoms with E-state index < -0.39 is 5.91 Å². The Balaban J connectivity index is 2.42. The number of amides is 1. The second kappa shape index (κ2) is 4.61. The van der Waals surface area contributed by atoms with Crippen molar-refractivity contribution in [1.29, 1.82) is 0 Å². The summed E-state index contributed by atoms with van der Waals surface area (Å²) in [7, 11) is 1.39. The van der Waals surface area contributed by atoms with Gasteiger partial charge < -0.3 is 10.1 Å². The van der Waals surface area contributed by atoms with Crippen LogP contribution in [-0.4, -0.2) is 13.0 Å². The molecular weight excluding hydrogens is 220 g/mol. The maximum atomic E-state index is 11.4. The second-order valence-electron chi connectivity index (χ2n) is 3.40. The summed E-state index contributed by atoms with van der Waals surface area (Å²) in [6.45, 7) is 0. The molecule has 0 saturated carbocycles. The van der Waals surface area contributed by atoms with Gasteiger partial charge in [-0.15, -0.1) is 4.91 Å². The highest BCUT2D eigenvalue weighted by Crippen LogP contribution is 2.23. The van der Waals surface area contributed by atoms with Gasteiger partial charge in [0.25, 0.3) is 5.91 Å². The molecule has 0 aliphatic carbocycles. The Morgan fingerprint density at radius 2 is 2.00 bits per heavy atom. The molecule has 1 aliphatic rings. The molecule has 0 bridgehead atoms. The number of methoxy groups -OCH3 is 1. The van der Waals surface area contributed by atoms with Gasteiger partial charge in [0, 0.05) is 0 Å². The minimum absolute atomic E-state index is 0.175. The summed E-state index contributed by atoms with van der Waals surface area (Å²) < 4.78 is 5.00. The zero-order chi connectivity index (χ0) is 12.3. The Morgan fingerprint density at radius 1 is 1.29 bits per heavy atom. The molecule has 5 heteroatoms. The highest BCUT2D eigenvalue weighted by molar-refractivity contribution is 6.00. The number of rotatable bonds is 3. The van der Waals surface area contributed by atoms with E-state index in [1.165, 1.54) is 7.11 Å². The average molecular weight is 230 g/mol. The Bertz CT molecular complexity index is 518. The summed E-state index contributed by atoms with van der Waals surface area (Å²) in [6.07, 6.45) is 1.72. The van der Waals surface area contributed by atoms with Crippen LogP contribution in [0.15, 0.2) is 52.7 Å². The van der Waals surface area contributed by atoms with Crippen molar-refractivity contribution in [2.75, 3.05) is 7.11 Å². The first kappa shape index (κ1) is 11.1. The molecule has 0 aromatic heterocycles. The predicted molar refractivity (Wildman–Crippen MR) is 62.4 cm³/mol. The molecule has 0 saturated heterocycles. The highest BCUT2D eigenvalue weighted by Gasteiger charge is 2.29. The van der Waals surface area contributed by atoms with E-state index in [0.717, 1.165) is 5.56 Å². The van der Waals surface area contributed by atoms with Gasteiger partial charge in [-0.1, -0.05) is 30.3 Å². The van der Waals surface area contributed by atoms with Gasteiger partial charge in [0.2, 0.25) is 5.70 Å². The first-order chi connectivity index (χ1) is 8.26. The van der Waals surface area contributed by atoms with Gasteiger partial charge in [0.1, 0.15) is 0 Å². The van der Waals surface area contributed by atoms with Crippen LogP contribution in [0.5, 0.6) is 0 Å². The first-order valence-electron chi connectivity index (χ1n) is 4.96. The molecule has 5 nitrogen and oxygen atoms in total. The van der Waals surface area contributed by atoms with Crippen molar-refractivity contribution in [3.8, 4) is 0 Å². The van der Waals surface area contributed by atoms with Gasteiger partial charge >= 0.3 is 0 Å². The lowest BCUT2D eigenvalue weighted by Crippen LogP contribution is -2.15. The van der Waals surface area contributed by atoms with E-state index in [2.05, 4.69) is 10.5 Å². The Hall–Kier alpha value is -2.43. The van der Waals surface area contributed by atoms with Crippen molar-refractivity contribution in [1.82, 2.24) is 5.32 Å². The number of carbonyl (C=O) groups excluding carboxylic acids is 1. The molecule has 17 heavy (non-hydrogen) atoms. The van der Waals surface area contributed by atoms with Crippen LogP contribution in [0.2, 0.25) is 0 Å².